The van der Waals surface area contributed by atoms with Gasteiger partial charge in [-0.3, -0.25) is 9.78 Å². The standard InChI is InChI=1S/C13H12BrN3O/c1-8-6-9(4-5-16-8)13(18)17-10-2-3-11(14)12(15)7-10/h2-7H,15H2,1H3,(H,17,18). The number of pyridine rings is 1. The van der Waals surface area contributed by atoms with Crippen LogP contribution in [0.3, 0.4) is 0 Å². The molecule has 0 fully saturated rings. The number of halogens is 1. The van der Waals surface area contributed by atoms with E-state index in [1.165, 1.54) is 0 Å². The molecule has 1 heterocycles. The Labute approximate surface area is 113 Å². The Morgan fingerprint density at radius 1 is 1.33 bits per heavy atom. The van der Waals surface area contributed by atoms with Gasteiger partial charge < -0.3 is 11.1 Å². The van der Waals surface area contributed by atoms with Crippen molar-refractivity contribution in [2.24, 2.45) is 0 Å². The summed E-state index contributed by atoms with van der Waals surface area (Å²) in [5, 5.41) is 2.79. The lowest BCUT2D eigenvalue weighted by Crippen LogP contribution is -2.12. The average Bonchev–Trinajstić information content (AvgIpc) is 2.34. The van der Waals surface area contributed by atoms with Crippen LogP contribution < -0.4 is 11.1 Å². The molecule has 0 bridgehead atoms. The van der Waals surface area contributed by atoms with E-state index in [9.17, 15) is 4.79 Å². The summed E-state index contributed by atoms with van der Waals surface area (Å²) in [6, 6.07) is 8.69. The lowest BCUT2D eigenvalue weighted by Gasteiger charge is -2.07. The van der Waals surface area contributed by atoms with Crippen molar-refractivity contribution in [2.75, 3.05) is 11.1 Å². The highest BCUT2D eigenvalue weighted by molar-refractivity contribution is 9.10. The van der Waals surface area contributed by atoms with Crippen molar-refractivity contribution in [2.45, 2.75) is 6.92 Å². The third-order valence-electron chi connectivity index (χ3n) is 2.41. The minimum absolute atomic E-state index is 0.178. The number of carbonyl (C=O) groups excluding carboxylic acids is 1. The molecule has 0 aliphatic carbocycles. The van der Waals surface area contributed by atoms with Gasteiger partial charge in [-0.2, -0.15) is 0 Å². The Morgan fingerprint density at radius 3 is 2.78 bits per heavy atom. The molecule has 2 rings (SSSR count). The van der Waals surface area contributed by atoms with Crippen LogP contribution in [-0.2, 0) is 0 Å². The largest absolute Gasteiger partial charge is 0.398 e. The number of nitrogens with one attached hydrogen (secondary N) is 1. The number of nitrogens with zero attached hydrogens (tertiary/aromatic N) is 1. The molecule has 3 N–H and O–H groups in total. The van der Waals surface area contributed by atoms with Gasteiger partial charge in [0.05, 0.1) is 0 Å². The third kappa shape index (κ3) is 2.87. The van der Waals surface area contributed by atoms with Crippen LogP contribution in [0.25, 0.3) is 0 Å². The lowest BCUT2D eigenvalue weighted by molar-refractivity contribution is 0.102. The van der Waals surface area contributed by atoms with Crippen LogP contribution in [-0.4, -0.2) is 10.9 Å². The maximum Gasteiger partial charge on any atom is 0.255 e. The van der Waals surface area contributed by atoms with Crippen molar-refractivity contribution >= 4 is 33.2 Å². The summed E-state index contributed by atoms with van der Waals surface area (Å²) in [6.45, 7) is 1.84. The van der Waals surface area contributed by atoms with E-state index in [0.717, 1.165) is 10.2 Å². The molecule has 1 aromatic heterocycles. The highest BCUT2D eigenvalue weighted by Crippen LogP contribution is 2.23. The number of hydrogen-bond acceptors (Lipinski definition) is 3. The zero-order valence-corrected chi connectivity index (χ0v) is 11.4. The molecule has 1 aromatic carbocycles. The van der Waals surface area contributed by atoms with E-state index in [2.05, 4.69) is 26.2 Å². The molecule has 1 amide bonds. The number of anilines is 2. The molecule has 0 radical (unpaired) electrons. The number of aromatic nitrogens is 1. The molecule has 92 valence electrons. The Kier molecular flexibility index (Phi) is 3.62. The van der Waals surface area contributed by atoms with Gasteiger partial charge in [-0.25, -0.2) is 0 Å². The van der Waals surface area contributed by atoms with E-state index in [0.29, 0.717) is 16.9 Å². The second-order valence-corrected chi connectivity index (χ2v) is 4.73. The molecule has 0 saturated carbocycles. The molecular formula is C13H12BrN3O. The predicted molar refractivity (Wildman–Crippen MR) is 75.5 cm³/mol. The van der Waals surface area contributed by atoms with Crippen molar-refractivity contribution in [1.82, 2.24) is 4.98 Å². The number of benzene rings is 1. The number of nitrogen functional groups attached to an aromatic ring is 1. The fourth-order valence-corrected chi connectivity index (χ4v) is 1.76. The highest BCUT2D eigenvalue weighted by Gasteiger charge is 2.07. The molecule has 0 spiro atoms. The predicted octanol–water partition coefficient (Wildman–Crippen LogP) is 2.99. The number of amides is 1. The van der Waals surface area contributed by atoms with Crippen molar-refractivity contribution < 1.29 is 4.79 Å². The first-order valence-corrected chi connectivity index (χ1v) is 6.14. The average molecular weight is 306 g/mol. The molecule has 0 unspecified atom stereocenters. The summed E-state index contributed by atoms with van der Waals surface area (Å²) in [7, 11) is 0. The summed E-state index contributed by atoms with van der Waals surface area (Å²) in [5.74, 6) is -0.178. The van der Waals surface area contributed by atoms with Gasteiger partial charge in [0.1, 0.15) is 0 Å². The van der Waals surface area contributed by atoms with Gasteiger partial charge in [-0.15, -0.1) is 0 Å². The molecule has 0 saturated heterocycles. The molecule has 0 aliphatic heterocycles. The smallest absolute Gasteiger partial charge is 0.255 e. The fraction of sp³-hybridized carbons (Fsp3) is 0.0769. The van der Waals surface area contributed by atoms with E-state index >= 15 is 0 Å². The van der Waals surface area contributed by atoms with Crippen molar-refractivity contribution in [1.29, 1.82) is 0 Å². The van der Waals surface area contributed by atoms with Gasteiger partial charge in [-0.1, -0.05) is 0 Å². The quantitative estimate of drug-likeness (QED) is 0.838. The molecule has 5 heteroatoms. The number of nitrogens with two attached hydrogens (primary N) is 1. The second kappa shape index (κ2) is 5.18. The summed E-state index contributed by atoms with van der Waals surface area (Å²) in [6.07, 6.45) is 1.61. The number of hydrogen-bond donors (Lipinski definition) is 2. The van der Waals surface area contributed by atoms with Gasteiger partial charge in [-0.05, 0) is 53.2 Å². The van der Waals surface area contributed by atoms with Gasteiger partial charge in [0.2, 0.25) is 0 Å². The van der Waals surface area contributed by atoms with Crippen LogP contribution in [0.1, 0.15) is 16.1 Å². The molecule has 18 heavy (non-hydrogen) atoms. The van der Waals surface area contributed by atoms with Crippen LogP contribution in [0.15, 0.2) is 41.0 Å². The summed E-state index contributed by atoms with van der Waals surface area (Å²) in [4.78, 5) is 16.0. The first kappa shape index (κ1) is 12.6. The van der Waals surface area contributed by atoms with E-state index in [-0.39, 0.29) is 5.91 Å². The molecule has 4 nitrogen and oxygen atoms in total. The van der Waals surface area contributed by atoms with Crippen molar-refractivity contribution in [3.63, 3.8) is 0 Å². The monoisotopic (exact) mass is 305 g/mol. The topological polar surface area (TPSA) is 68.0 Å². The van der Waals surface area contributed by atoms with Crippen LogP contribution in [0.2, 0.25) is 0 Å². The Morgan fingerprint density at radius 2 is 2.11 bits per heavy atom. The van der Waals surface area contributed by atoms with Crippen molar-refractivity contribution in [3.05, 3.63) is 52.3 Å². The second-order valence-electron chi connectivity index (χ2n) is 3.88. The molecular weight excluding hydrogens is 294 g/mol. The zero-order chi connectivity index (χ0) is 13.1. The minimum Gasteiger partial charge on any atom is -0.398 e. The first-order chi connectivity index (χ1) is 8.56. The maximum atomic E-state index is 12.0. The van der Waals surface area contributed by atoms with Crippen LogP contribution in [0.5, 0.6) is 0 Å². The molecule has 0 atom stereocenters. The Hall–Kier alpha value is -1.88. The minimum atomic E-state index is -0.178. The van der Waals surface area contributed by atoms with Gasteiger partial charge in [0.25, 0.3) is 5.91 Å². The number of rotatable bonds is 2. The normalized spacial score (nSPS) is 10.1. The van der Waals surface area contributed by atoms with Crippen LogP contribution in [0, 0.1) is 6.92 Å². The van der Waals surface area contributed by atoms with E-state index in [4.69, 9.17) is 5.73 Å². The van der Waals surface area contributed by atoms with Gasteiger partial charge in [0, 0.05) is 33.3 Å². The lowest BCUT2D eigenvalue weighted by atomic mass is 10.2. The number of aryl methyl sites for hydroxylation is 1. The Bertz CT molecular complexity index is 599. The summed E-state index contributed by atoms with van der Waals surface area (Å²) >= 11 is 3.30. The first-order valence-electron chi connectivity index (χ1n) is 5.35. The Balaban J connectivity index is 2.18. The zero-order valence-electron chi connectivity index (χ0n) is 9.77. The van der Waals surface area contributed by atoms with Gasteiger partial charge in [0.15, 0.2) is 0 Å². The van der Waals surface area contributed by atoms with Crippen molar-refractivity contribution in [3.8, 4) is 0 Å². The van der Waals surface area contributed by atoms with Gasteiger partial charge >= 0.3 is 0 Å². The van der Waals surface area contributed by atoms with Crippen LogP contribution >= 0.6 is 15.9 Å². The van der Waals surface area contributed by atoms with E-state index in [1.54, 1.807) is 36.5 Å². The fourth-order valence-electron chi connectivity index (χ4n) is 1.51. The van der Waals surface area contributed by atoms with E-state index < -0.39 is 0 Å². The molecule has 2 aromatic rings. The van der Waals surface area contributed by atoms with E-state index in [1.807, 2.05) is 6.92 Å². The summed E-state index contributed by atoms with van der Waals surface area (Å²) in [5.41, 5.74) is 8.37. The molecule has 0 aliphatic rings. The highest BCUT2D eigenvalue weighted by atomic mass is 79.9. The third-order valence-corrected chi connectivity index (χ3v) is 3.13. The van der Waals surface area contributed by atoms with Crippen LogP contribution in [0.4, 0.5) is 11.4 Å². The maximum absolute atomic E-state index is 12.0. The number of carbonyl (C=O) groups is 1. The SMILES string of the molecule is Cc1cc(C(=O)Nc2ccc(Br)c(N)c2)ccn1. The summed E-state index contributed by atoms with van der Waals surface area (Å²) < 4.78 is 0.806.